The first-order valence-corrected chi connectivity index (χ1v) is 7.30. The highest BCUT2D eigenvalue weighted by Crippen LogP contribution is 2.37. The third-order valence-electron chi connectivity index (χ3n) is 3.24. The molecule has 1 aromatic heterocycles. The Kier molecular flexibility index (Phi) is 4.66. The molecule has 1 aromatic rings. The lowest BCUT2D eigenvalue weighted by Gasteiger charge is -2.14. The zero-order valence-corrected chi connectivity index (χ0v) is 12.7. The van der Waals surface area contributed by atoms with Crippen molar-refractivity contribution in [2.75, 3.05) is 0 Å². The van der Waals surface area contributed by atoms with Crippen LogP contribution in [0, 0.1) is 0 Å². The summed E-state index contributed by atoms with van der Waals surface area (Å²) in [7, 11) is 0. The highest BCUT2D eigenvalue weighted by molar-refractivity contribution is 9.10. The molecule has 0 radical (unpaired) electrons. The van der Waals surface area contributed by atoms with E-state index in [1.807, 2.05) is 4.57 Å². The Bertz CT molecular complexity index is 579. The molecule has 0 bridgehead atoms. The maximum atomic E-state index is 12.2. The highest BCUT2D eigenvalue weighted by atomic mass is 79.9. The van der Waals surface area contributed by atoms with Crippen LogP contribution < -0.4 is 5.32 Å². The third kappa shape index (κ3) is 4.07. The third-order valence-corrected chi connectivity index (χ3v) is 3.67. The molecule has 3 N–H and O–H groups in total. The number of aromatic nitrogens is 1. The van der Waals surface area contributed by atoms with E-state index in [0.717, 1.165) is 17.3 Å². The SMILES string of the molecule is O=C(O)CC[C@H](NC(=O)c1cc(Br)cn1C1CC1)C(=O)O. The quantitative estimate of drug-likeness (QED) is 0.686. The van der Waals surface area contributed by atoms with Crippen LogP contribution in [0.1, 0.15) is 42.2 Å². The van der Waals surface area contributed by atoms with Crippen LogP contribution in [0.15, 0.2) is 16.7 Å². The van der Waals surface area contributed by atoms with Gasteiger partial charge < -0.3 is 20.1 Å². The number of halogens is 1. The maximum absolute atomic E-state index is 12.2. The summed E-state index contributed by atoms with van der Waals surface area (Å²) in [5, 5.41) is 20.0. The smallest absolute Gasteiger partial charge is 0.326 e. The second-order valence-electron chi connectivity index (χ2n) is 4.98. The van der Waals surface area contributed by atoms with Gasteiger partial charge in [-0.1, -0.05) is 0 Å². The van der Waals surface area contributed by atoms with E-state index in [1.165, 1.54) is 0 Å². The van der Waals surface area contributed by atoms with Crippen molar-refractivity contribution in [1.82, 2.24) is 9.88 Å². The fraction of sp³-hybridized carbons (Fsp3) is 0.462. The van der Waals surface area contributed by atoms with Crippen molar-refractivity contribution in [3.05, 3.63) is 22.4 Å². The summed E-state index contributed by atoms with van der Waals surface area (Å²) in [5.41, 5.74) is 0.381. The van der Waals surface area contributed by atoms with E-state index in [0.29, 0.717) is 5.69 Å². The normalized spacial score (nSPS) is 15.5. The molecular formula is C13H15BrN2O5. The lowest BCUT2D eigenvalue weighted by atomic mass is 10.1. The van der Waals surface area contributed by atoms with E-state index in [4.69, 9.17) is 10.2 Å². The molecule has 8 heteroatoms. The van der Waals surface area contributed by atoms with Crippen LogP contribution in [-0.4, -0.2) is 38.7 Å². The molecule has 1 aliphatic rings. The van der Waals surface area contributed by atoms with Crippen molar-refractivity contribution >= 4 is 33.8 Å². The fourth-order valence-electron chi connectivity index (χ4n) is 2.04. The number of hydrogen-bond acceptors (Lipinski definition) is 3. The molecule has 21 heavy (non-hydrogen) atoms. The minimum absolute atomic E-state index is 0.151. The molecule has 1 saturated carbocycles. The second-order valence-corrected chi connectivity index (χ2v) is 5.89. The van der Waals surface area contributed by atoms with E-state index in [2.05, 4.69) is 21.2 Å². The average Bonchev–Trinajstić information content (AvgIpc) is 3.16. The lowest BCUT2D eigenvalue weighted by molar-refractivity contribution is -0.140. The Morgan fingerprint density at radius 3 is 2.57 bits per heavy atom. The van der Waals surface area contributed by atoms with Crippen molar-refractivity contribution < 1.29 is 24.6 Å². The summed E-state index contributed by atoms with van der Waals surface area (Å²) in [5.74, 6) is -2.85. The van der Waals surface area contributed by atoms with Crippen LogP contribution in [0.4, 0.5) is 0 Å². The molecule has 2 rings (SSSR count). The van der Waals surface area contributed by atoms with Gasteiger partial charge in [0.2, 0.25) is 0 Å². The molecule has 114 valence electrons. The van der Waals surface area contributed by atoms with Gasteiger partial charge in [0.25, 0.3) is 5.91 Å². The van der Waals surface area contributed by atoms with E-state index in [1.54, 1.807) is 12.3 Å². The lowest BCUT2D eigenvalue weighted by Crippen LogP contribution is -2.41. The van der Waals surface area contributed by atoms with Gasteiger partial charge in [-0.3, -0.25) is 9.59 Å². The molecule has 1 aliphatic carbocycles. The van der Waals surface area contributed by atoms with Gasteiger partial charge in [-0.25, -0.2) is 4.79 Å². The molecule has 1 heterocycles. The van der Waals surface area contributed by atoms with Gasteiger partial charge in [-0.2, -0.15) is 0 Å². The van der Waals surface area contributed by atoms with Crippen molar-refractivity contribution in [3.63, 3.8) is 0 Å². The number of carboxylic acid groups (broad SMARTS) is 2. The molecule has 7 nitrogen and oxygen atoms in total. The minimum atomic E-state index is -1.24. The molecule has 0 aromatic carbocycles. The van der Waals surface area contributed by atoms with Crippen LogP contribution >= 0.6 is 15.9 Å². The molecule has 0 aliphatic heterocycles. The largest absolute Gasteiger partial charge is 0.481 e. The number of nitrogens with zero attached hydrogens (tertiary/aromatic N) is 1. The molecular weight excluding hydrogens is 344 g/mol. The first-order valence-electron chi connectivity index (χ1n) is 6.51. The van der Waals surface area contributed by atoms with Gasteiger partial charge in [-0.05, 0) is 41.3 Å². The monoisotopic (exact) mass is 358 g/mol. The summed E-state index contributed by atoms with van der Waals surface area (Å²) in [6, 6.07) is 0.693. The number of hydrogen-bond donors (Lipinski definition) is 3. The fourth-order valence-corrected chi connectivity index (χ4v) is 2.48. The summed E-state index contributed by atoms with van der Waals surface area (Å²) in [6.45, 7) is 0. The number of carbonyl (C=O) groups excluding carboxylic acids is 1. The average molecular weight is 359 g/mol. The first-order chi connectivity index (χ1) is 9.88. The summed E-state index contributed by atoms with van der Waals surface area (Å²) in [4.78, 5) is 33.8. The molecule has 0 unspecified atom stereocenters. The van der Waals surface area contributed by atoms with Gasteiger partial charge in [0, 0.05) is 23.1 Å². The number of amides is 1. The highest BCUT2D eigenvalue weighted by Gasteiger charge is 2.29. The van der Waals surface area contributed by atoms with Gasteiger partial charge in [-0.15, -0.1) is 0 Å². The predicted molar refractivity (Wildman–Crippen MR) is 76.2 cm³/mol. The van der Waals surface area contributed by atoms with Crippen LogP contribution in [0.3, 0.4) is 0 Å². The molecule has 1 fully saturated rings. The Morgan fingerprint density at radius 1 is 1.38 bits per heavy atom. The molecule has 0 spiro atoms. The van der Waals surface area contributed by atoms with Gasteiger partial charge >= 0.3 is 11.9 Å². The summed E-state index contributed by atoms with van der Waals surface area (Å²) < 4.78 is 2.56. The van der Waals surface area contributed by atoms with E-state index >= 15 is 0 Å². The Morgan fingerprint density at radius 2 is 2.05 bits per heavy atom. The standard InChI is InChI=1S/C13H15BrN2O5/c14-7-5-10(16(6-7)8-1-2-8)12(19)15-9(13(20)21)3-4-11(17)18/h5-6,8-9H,1-4H2,(H,15,19)(H,17,18)(H,20,21)/t9-/m0/s1. The second kappa shape index (κ2) is 6.30. The zero-order chi connectivity index (χ0) is 15.6. The van der Waals surface area contributed by atoms with Gasteiger partial charge in [0.1, 0.15) is 11.7 Å². The van der Waals surface area contributed by atoms with Crippen molar-refractivity contribution in [2.45, 2.75) is 37.8 Å². The number of aliphatic carboxylic acids is 2. The van der Waals surface area contributed by atoms with Crippen LogP contribution in [0.25, 0.3) is 0 Å². The van der Waals surface area contributed by atoms with Crippen LogP contribution in [-0.2, 0) is 9.59 Å². The van der Waals surface area contributed by atoms with Crippen LogP contribution in [0.5, 0.6) is 0 Å². The minimum Gasteiger partial charge on any atom is -0.481 e. The van der Waals surface area contributed by atoms with Gasteiger partial charge in [0.15, 0.2) is 0 Å². The van der Waals surface area contributed by atoms with Crippen molar-refractivity contribution in [2.24, 2.45) is 0 Å². The molecule has 1 atom stereocenters. The number of carboxylic acids is 2. The van der Waals surface area contributed by atoms with Crippen molar-refractivity contribution in [1.29, 1.82) is 0 Å². The maximum Gasteiger partial charge on any atom is 0.326 e. The number of carbonyl (C=O) groups is 3. The number of nitrogens with one attached hydrogen (secondary N) is 1. The summed E-state index contributed by atoms with van der Waals surface area (Å²) >= 11 is 3.30. The first kappa shape index (κ1) is 15.6. The van der Waals surface area contributed by atoms with E-state index in [9.17, 15) is 14.4 Å². The number of rotatable bonds is 7. The van der Waals surface area contributed by atoms with E-state index in [-0.39, 0.29) is 18.9 Å². The van der Waals surface area contributed by atoms with Crippen molar-refractivity contribution in [3.8, 4) is 0 Å². The molecule has 1 amide bonds. The van der Waals surface area contributed by atoms with Crippen LogP contribution in [0.2, 0.25) is 0 Å². The Labute approximate surface area is 129 Å². The molecule has 0 saturated heterocycles. The Hall–Kier alpha value is -1.83. The topological polar surface area (TPSA) is 109 Å². The van der Waals surface area contributed by atoms with E-state index < -0.39 is 23.9 Å². The van der Waals surface area contributed by atoms with Gasteiger partial charge in [0.05, 0.1) is 0 Å². The zero-order valence-electron chi connectivity index (χ0n) is 11.1. The Balaban J connectivity index is 2.08. The predicted octanol–water partition coefficient (Wildman–Crippen LogP) is 1.63. The summed E-state index contributed by atoms with van der Waals surface area (Å²) in [6.07, 6.45) is 3.30.